The van der Waals surface area contributed by atoms with E-state index >= 15 is 0 Å². The Kier molecular flexibility index (Phi) is 3.03. The molecule has 1 aliphatic carbocycles. The molecule has 78 valence electrons. The maximum atomic E-state index is 5.60. The molecular formula is C10H17N3S. The van der Waals surface area contributed by atoms with Gasteiger partial charge in [0.25, 0.3) is 0 Å². The summed E-state index contributed by atoms with van der Waals surface area (Å²) in [6, 6.07) is 0.762. The van der Waals surface area contributed by atoms with Crippen LogP contribution < -0.4 is 5.73 Å². The second-order valence-corrected chi connectivity index (χ2v) is 4.92. The smallest absolute Gasteiger partial charge is 0.180 e. The molecule has 0 atom stereocenters. The minimum absolute atomic E-state index is 0.680. The molecule has 14 heavy (non-hydrogen) atoms. The van der Waals surface area contributed by atoms with Gasteiger partial charge in [0.05, 0.1) is 5.69 Å². The minimum atomic E-state index is 0.680. The van der Waals surface area contributed by atoms with Crippen LogP contribution in [0.15, 0.2) is 5.38 Å². The van der Waals surface area contributed by atoms with Gasteiger partial charge in [-0.25, -0.2) is 4.98 Å². The van der Waals surface area contributed by atoms with Crippen molar-refractivity contribution in [1.82, 2.24) is 9.88 Å². The minimum Gasteiger partial charge on any atom is -0.375 e. The van der Waals surface area contributed by atoms with E-state index in [1.54, 1.807) is 0 Å². The predicted molar refractivity (Wildman–Crippen MR) is 60.2 cm³/mol. The lowest BCUT2D eigenvalue weighted by molar-refractivity contribution is 0.235. The largest absolute Gasteiger partial charge is 0.375 e. The van der Waals surface area contributed by atoms with Crippen molar-refractivity contribution < 1.29 is 0 Å². The zero-order chi connectivity index (χ0) is 9.97. The number of thiazole rings is 1. The number of nitrogens with zero attached hydrogens (tertiary/aromatic N) is 2. The summed E-state index contributed by atoms with van der Waals surface area (Å²) in [6.07, 6.45) is 5.45. The van der Waals surface area contributed by atoms with Crippen LogP contribution >= 0.6 is 11.3 Å². The van der Waals surface area contributed by atoms with Gasteiger partial charge >= 0.3 is 0 Å². The van der Waals surface area contributed by atoms with E-state index in [1.807, 2.05) is 0 Å². The molecule has 0 amide bonds. The molecule has 1 heterocycles. The van der Waals surface area contributed by atoms with Gasteiger partial charge < -0.3 is 5.73 Å². The third-order valence-corrected chi connectivity index (χ3v) is 3.65. The molecule has 1 aromatic rings. The van der Waals surface area contributed by atoms with E-state index in [9.17, 15) is 0 Å². The average Bonchev–Trinajstić information content (AvgIpc) is 2.75. The summed E-state index contributed by atoms with van der Waals surface area (Å²) in [7, 11) is 2.19. The van der Waals surface area contributed by atoms with Crippen molar-refractivity contribution in [3.63, 3.8) is 0 Å². The van der Waals surface area contributed by atoms with Crippen molar-refractivity contribution >= 4 is 16.5 Å². The molecule has 0 radical (unpaired) electrons. The third kappa shape index (κ3) is 2.25. The highest BCUT2D eigenvalue weighted by Crippen LogP contribution is 2.24. The van der Waals surface area contributed by atoms with Crippen molar-refractivity contribution in [1.29, 1.82) is 0 Å². The van der Waals surface area contributed by atoms with Crippen molar-refractivity contribution in [2.75, 3.05) is 12.8 Å². The SMILES string of the molecule is CN(Cc1csc(N)n1)C1CCCC1. The zero-order valence-corrected chi connectivity index (χ0v) is 9.39. The topological polar surface area (TPSA) is 42.1 Å². The first-order valence-corrected chi connectivity index (χ1v) is 6.04. The van der Waals surface area contributed by atoms with E-state index in [0.717, 1.165) is 18.3 Å². The van der Waals surface area contributed by atoms with E-state index in [4.69, 9.17) is 5.73 Å². The average molecular weight is 211 g/mol. The molecule has 2 N–H and O–H groups in total. The summed E-state index contributed by atoms with van der Waals surface area (Å²) in [4.78, 5) is 6.68. The van der Waals surface area contributed by atoms with Gasteiger partial charge in [0, 0.05) is 18.0 Å². The van der Waals surface area contributed by atoms with Crippen LogP contribution in [0, 0.1) is 0 Å². The maximum Gasteiger partial charge on any atom is 0.180 e. The fourth-order valence-corrected chi connectivity index (χ4v) is 2.68. The Morgan fingerprint density at radius 1 is 1.57 bits per heavy atom. The van der Waals surface area contributed by atoms with E-state index in [2.05, 4.69) is 22.3 Å². The van der Waals surface area contributed by atoms with Crippen molar-refractivity contribution in [2.24, 2.45) is 0 Å². The molecule has 1 fully saturated rings. The summed E-state index contributed by atoms with van der Waals surface area (Å²) in [5.41, 5.74) is 6.71. The highest BCUT2D eigenvalue weighted by molar-refractivity contribution is 7.13. The Bertz CT molecular complexity index is 291. The van der Waals surface area contributed by atoms with Crippen LogP contribution in [0.1, 0.15) is 31.4 Å². The Morgan fingerprint density at radius 2 is 2.29 bits per heavy atom. The molecule has 2 rings (SSSR count). The van der Waals surface area contributed by atoms with Crippen LogP contribution in [0.2, 0.25) is 0 Å². The number of rotatable bonds is 3. The number of hydrogen-bond donors (Lipinski definition) is 1. The first-order valence-electron chi connectivity index (χ1n) is 5.16. The zero-order valence-electron chi connectivity index (χ0n) is 8.57. The molecule has 1 saturated carbocycles. The van der Waals surface area contributed by atoms with Crippen molar-refractivity contribution in [3.05, 3.63) is 11.1 Å². The van der Waals surface area contributed by atoms with Gasteiger partial charge in [0.1, 0.15) is 0 Å². The van der Waals surface area contributed by atoms with Crippen LogP contribution in [0.5, 0.6) is 0 Å². The number of aromatic nitrogens is 1. The summed E-state index contributed by atoms with van der Waals surface area (Å²) >= 11 is 1.53. The van der Waals surface area contributed by atoms with E-state index < -0.39 is 0 Å². The molecule has 1 aromatic heterocycles. The maximum absolute atomic E-state index is 5.60. The summed E-state index contributed by atoms with van der Waals surface area (Å²) in [6.45, 7) is 0.943. The number of hydrogen-bond acceptors (Lipinski definition) is 4. The van der Waals surface area contributed by atoms with Gasteiger partial charge in [-0.05, 0) is 19.9 Å². The summed E-state index contributed by atoms with van der Waals surface area (Å²) in [5.74, 6) is 0. The first-order chi connectivity index (χ1) is 6.75. The standard InChI is InChI=1S/C10H17N3S/c1-13(9-4-2-3-5-9)6-8-7-14-10(11)12-8/h7,9H,2-6H2,1H3,(H2,11,12). The quantitative estimate of drug-likeness (QED) is 0.832. The highest BCUT2D eigenvalue weighted by Gasteiger charge is 2.19. The lowest BCUT2D eigenvalue weighted by Gasteiger charge is -2.22. The Balaban J connectivity index is 1.90. The molecule has 0 unspecified atom stereocenters. The highest BCUT2D eigenvalue weighted by atomic mass is 32.1. The van der Waals surface area contributed by atoms with E-state index in [-0.39, 0.29) is 0 Å². The van der Waals surface area contributed by atoms with Crippen LogP contribution in [-0.2, 0) is 6.54 Å². The second kappa shape index (κ2) is 4.28. The van der Waals surface area contributed by atoms with Crippen molar-refractivity contribution in [2.45, 2.75) is 38.3 Å². The Labute approximate surface area is 88.9 Å². The van der Waals surface area contributed by atoms with Crippen LogP contribution in [0.3, 0.4) is 0 Å². The number of anilines is 1. The Morgan fingerprint density at radius 3 is 2.86 bits per heavy atom. The van der Waals surface area contributed by atoms with Gasteiger partial charge in [-0.3, -0.25) is 4.90 Å². The number of nitrogens with two attached hydrogens (primary N) is 1. The normalized spacial score (nSPS) is 18.1. The monoisotopic (exact) mass is 211 g/mol. The van der Waals surface area contributed by atoms with E-state index in [1.165, 1.54) is 37.0 Å². The first kappa shape index (κ1) is 9.93. The predicted octanol–water partition coefficient (Wildman–Crippen LogP) is 2.10. The fraction of sp³-hybridized carbons (Fsp3) is 0.700. The van der Waals surface area contributed by atoms with Crippen LogP contribution in [-0.4, -0.2) is 23.0 Å². The lowest BCUT2D eigenvalue weighted by Crippen LogP contribution is -2.28. The molecule has 1 aliphatic rings. The molecule has 0 saturated heterocycles. The number of nitrogen functional groups attached to an aromatic ring is 1. The molecule has 3 nitrogen and oxygen atoms in total. The van der Waals surface area contributed by atoms with Crippen LogP contribution in [0.4, 0.5) is 5.13 Å². The Hall–Kier alpha value is -0.610. The van der Waals surface area contributed by atoms with Gasteiger partial charge in [0.15, 0.2) is 5.13 Å². The lowest BCUT2D eigenvalue weighted by atomic mass is 10.2. The third-order valence-electron chi connectivity index (χ3n) is 2.93. The van der Waals surface area contributed by atoms with Gasteiger partial charge in [-0.15, -0.1) is 11.3 Å². The molecular weight excluding hydrogens is 194 g/mol. The van der Waals surface area contributed by atoms with Gasteiger partial charge in [-0.2, -0.15) is 0 Å². The summed E-state index contributed by atoms with van der Waals surface area (Å²) in [5, 5.41) is 2.74. The molecule has 4 heteroatoms. The van der Waals surface area contributed by atoms with Gasteiger partial charge in [-0.1, -0.05) is 12.8 Å². The molecule has 0 bridgehead atoms. The van der Waals surface area contributed by atoms with E-state index in [0.29, 0.717) is 5.13 Å². The fourth-order valence-electron chi connectivity index (χ4n) is 2.12. The second-order valence-electron chi connectivity index (χ2n) is 4.03. The molecule has 0 aromatic carbocycles. The van der Waals surface area contributed by atoms with Crippen LogP contribution in [0.25, 0.3) is 0 Å². The van der Waals surface area contributed by atoms with Crippen molar-refractivity contribution in [3.8, 4) is 0 Å². The molecule has 0 aliphatic heterocycles. The van der Waals surface area contributed by atoms with Gasteiger partial charge in [0.2, 0.25) is 0 Å². The summed E-state index contributed by atoms with van der Waals surface area (Å²) < 4.78 is 0. The molecule has 0 spiro atoms.